The van der Waals surface area contributed by atoms with Crippen LogP contribution in [0.15, 0.2) is 18.3 Å². The minimum atomic E-state index is -0.202. The minimum absolute atomic E-state index is 0.202. The van der Waals surface area contributed by atoms with Crippen molar-refractivity contribution in [3.05, 3.63) is 23.9 Å². The first kappa shape index (κ1) is 16.1. The Hall–Kier alpha value is -1.23. The molecule has 1 heterocycles. The number of urea groups is 1. The molecule has 2 amide bonds. The van der Waals surface area contributed by atoms with E-state index in [9.17, 15) is 4.79 Å². The quantitative estimate of drug-likeness (QED) is 0.812. The van der Waals surface area contributed by atoms with E-state index < -0.39 is 0 Å². The van der Waals surface area contributed by atoms with Crippen LogP contribution in [0.25, 0.3) is 0 Å². The van der Waals surface area contributed by atoms with Crippen LogP contribution in [0.2, 0.25) is 0 Å². The van der Waals surface area contributed by atoms with Gasteiger partial charge in [0.25, 0.3) is 0 Å². The molecule has 0 aromatic carbocycles. The van der Waals surface area contributed by atoms with Crippen molar-refractivity contribution in [3.8, 4) is 0 Å². The van der Waals surface area contributed by atoms with Gasteiger partial charge in [-0.3, -0.25) is 0 Å². The molecule has 116 valence electrons. The number of aryl methyl sites for hydroxylation is 1. The number of hydrogen-bond acceptors (Lipinski definition) is 3. The monoisotopic (exact) mass is 307 g/mol. The van der Waals surface area contributed by atoms with E-state index in [1.807, 2.05) is 19.1 Å². The third-order valence-electron chi connectivity index (χ3n) is 4.02. The molecule has 0 spiro atoms. The Kier molecular flexibility index (Phi) is 4.81. The van der Waals surface area contributed by atoms with Crippen LogP contribution in [0, 0.1) is 18.3 Å². The van der Waals surface area contributed by atoms with Gasteiger partial charge in [0.1, 0.15) is 5.82 Å². The van der Waals surface area contributed by atoms with Gasteiger partial charge in [0.15, 0.2) is 0 Å². The summed E-state index contributed by atoms with van der Waals surface area (Å²) in [6, 6.07) is 3.75. The fourth-order valence-electron chi connectivity index (χ4n) is 3.43. The van der Waals surface area contributed by atoms with E-state index in [2.05, 4.69) is 43.9 Å². The van der Waals surface area contributed by atoms with Gasteiger partial charge in [-0.05, 0) is 55.2 Å². The van der Waals surface area contributed by atoms with Crippen molar-refractivity contribution in [1.82, 2.24) is 10.3 Å². The molecule has 0 radical (unpaired) electrons. The fraction of sp³-hybridized carbons (Fsp3) is 0.625. The zero-order valence-electron chi connectivity index (χ0n) is 13.3. The fourth-order valence-corrected chi connectivity index (χ4v) is 3.60. The van der Waals surface area contributed by atoms with Gasteiger partial charge in [-0.15, -0.1) is 0 Å². The molecule has 1 aliphatic carbocycles. The molecular weight excluding hydrogens is 282 g/mol. The lowest BCUT2D eigenvalue weighted by molar-refractivity contribution is 0.154. The lowest BCUT2D eigenvalue weighted by atomic mass is 9.71. The summed E-state index contributed by atoms with van der Waals surface area (Å²) in [6.45, 7) is 8.75. The lowest BCUT2D eigenvalue weighted by Gasteiger charge is -2.39. The van der Waals surface area contributed by atoms with E-state index in [0.29, 0.717) is 11.7 Å². The van der Waals surface area contributed by atoms with Gasteiger partial charge < -0.3 is 5.32 Å². The van der Waals surface area contributed by atoms with Gasteiger partial charge in [-0.2, -0.15) is 0 Å². The van der Waals surface area contributed by atoms with E-state index in [0.717, 1.165) is 18.4 Å². The number of rotatable bonds is 2. The molecule has 2 rings (SSSR count). The van der Waals surface area contributed by atoms with Crippen molar-refractivity contribution < 1.29 is 4.79 Å². The second kappa shape index (κ2) is 6.26. The SMILES string of the molecule is Cc1ccnc(N(S)C(=O)NC2CC(C)CC(C)(C)C2)c1. The topological polar surface area (TPSA) is 45.2 Å². The second-order valence-electron chi connectivity index (χ2n) is 7.06. The van der Waals surface area contributed by atoms with Crippen molar-refractivity contribution in [2.45, 2.75) is 53.0 Å². The van der Waals surface area contributed by atoms with Crippen molar-refractivity contribution in [2.24, 2.45) is 11.3 Å². The van der Waals surface area contributed by atoms with Gasteiger partial charge in [0.05, 0.1) is 0 Å². The molecular formula is C16H25N3OS. The van der Waals surface area contributed by atoms with E-state index in [-0.39, 0.29) is 17.5 Å². The molecule has 1 aromatic heterocycles. The van der Waals surface area contributed by atoms with Crippen LogP contribution >= 0.6 is 12.8 Å². The van der Waals surface area contributed by atoms with Gasteiger partial charge >= 0.3 is 6.03 Å². The molecule has 2 atom stereocenters. The largest absolute Gasteiger partial charge is 0.334 e. The molecule has 0 saturated heterocycles. The van der Waals surface area contributed by atoms with E-state index in [1.54, 1.807) is 6.20 Å². The van der Waals surface area contributed by atoms with Crippen molar-refractivity contribution >= 4 is 24.7 Å². The van der Waals surface area contributed by atoms with Gasteiger partial charge in [0, 0.05) is 12.2 Å². The van der Waals surface area contributed by atoms with Crippen molar-refractivity contribution in [2.75, 3.05) is 4.31 Å². The highest BCUT2D eigenvalue weighted by Crippen LogP contribution is 2.38. The summed E-state index contributed by atoms with van der Waals surface area (Å²) in [5.74, 6) is 1.18. The highest BCUT2D eigenvalue weighted by atomic mass is 32.1. The number of carbonyl (C=O) groups is 1. The normalized spacial score (nSPS) is 24.4. The molecule has 1 saturated carbocycles. The standard InChI is InChI=1S/C16H25N3OS/c1-11-5-6-17-14(8-11)19(21)15(20)18-13-7-12(2)9-16(3,4)10-13/h5-6,8,12-13,21H,7,9-10H2,1-4H3,(H,18,20). The average molecular weight is 307 g/mol. The van der Waals surface area contributed by atoms with Crippen LogP contribution in [0.3, 0.4) is 0 Å². The number of amides is 2. The Morgan fingerprint density at radius 2 is 2.19 bits per heavy atom. The number of anilines is 1. The molecule has 21 heavy (non-hydrogen) atoms. The highest BCUT2D eigenvalue weighted by Gasteiger charge is 2.33. The number of aromatic nitrogens is 1. The second-order valence-corrected chi connectivity index (χ2v) is 7.46. The van der Waals surface area contributed by atoms with Crippen LogP contribution in [-0.4, -0.2) is 17.1 Å². The zero-order chi connectivity index (χ0) is 15.6. The Morgan fingerprint density at radius 3 is 2.81 bits per heavy atom. The third kappa shape index (κ3) is 4.37. The van der Waals surface area contributed by atoms with E-state index >= 15 is 0 Å². The summed E-state index contributed by atoms with van der Waals surface area (Å²) in [7, 11) is 0. The number of nitrogens with one attached hydrogen (secondary N) is 1. The maximum Gasteiger partial charge on any atom is 0.333 e. The third-order valence-corrected chi connectivity index (χ3v) is 4.41. The molecule has 2 unspecified atom stereocenters. The summed E-state index contributed by atoms with van der Waals surface area (Å²) in [4.78, 5) is 16.5. The molecule has 0 aliphatic heterocycles. The predicted octanol–water partition coefficient (Wildman–Crippen LogP) is 3.97. The minimum Gasteiger partial charge on any atom is -0.334 e. The average Bonchev–Trinajstić information content (AvgIpc) is 2.35. The first-order chi connectivity index (χ1) is 9.77. The highest BCUT2D eigenvalue weighted by molar-refractivity contribution is 7.82. The molecule has 5 heteroatoms. The number of thiol groups is 1. The predicted molar refractivity (Wildman–Crippen MR) is 89.6 cm³/mol. The summed E-state index contributed by atoms with van der Waals surface area (Å²) in [6.07, 6.45) is 4.93. The zero-order valence-corrected chi connectivity index (χ0v) is 14.2. The van der Waals surface area contributed by atoms with Gasteiger partial charge in [-0.25, -0.2) is 14.1 Å². The summed E-state index contributed by atoms with van der Waals surface area (Å²) < 4.78 is 1.29. The molecule has 1 aliphatic rings. The molecule has 1 fully saturated rings. The Balaban J connectivity index is 2.00. The van der Waals surface area contributed by atoms with E-state index in [4.69, 9.17) is 0 Å². The Bertz CT molecular complexity index is 518. The Labute approximate surface area is 132 Å². The smallest absolute Gasteiger partial charge is 0.333 e. The lowest BCUT2D eigenvalue weighted by Crippen LogP contribution is -2.46. The van der Waals surface area contributed by atoms with Crippen LogP contribution in [0.1, 0.15) is 45.6 Å². The maximum absolute atomic E-state index is 12.3. The number of nitrogens with zero attached hydrogens (tertiary/aromatic N) is 2. The molecule has 4 nitrogen and oxygen atoms in total. The molecule has 1 N–H and O–H groups in total. The first-order valence-corrected chi connectivity index (χ1v) is 7.89. The number of hydrogen-bond donors (Lipinski definition) is 2. The van der Waals surface area contributed by atoms with Crippen LogP contribution in [0.4, 0.5) is 10.6 Å². The summed E-state index contributed by atoms with van der Waals surface area (Å²) >= 11 is 4.29. The molecule has 1 aromatic rings. The van der Waals surface area contributed by atoms with Crippen LogP contribution in [-0.2, 0) is 0 Å². The summed E-state index contributed by atoms with van der Waals surface area (Å²) in [5.41, 5.74) is 1.33. The maximum atomic E-state index is 12.3. The van der Waals surface area contributed by atoms with Gasteiger partial charge in [0.2, 0.25) is 0 Å². The van der Waals surface area contributed by atoms with Crippen LogP contribution in [0.5, 0.6) is 0 Å². The molecule has 0 bridgehead atoms. The van der Waals surface area contributed by atoms with Crippen molar-refractivity contribution in [1.29, 1.82) is 0 Å². The summed E-state index contributed by atoms with van der Waals surface area (Å²) in [5, 5.41) is 3.09. The van der Waals surface area contributed by atoms with Crippen molar-refractivity contribution in [3.63, 3.8) is 0 Å². The number of pyridine rings is 1. The van der Waals surface area contributed by atoms with Gasteiger partial charge in [-0.1, -0.05) is 33.6 Å². The first-order valence-electron chi connectivity index (χ1n) is 7.49. The Morgan fingerprint density at radius 1 is 1.48 bits per heavy atom. The van der Waals surface area contributed by atoms with E-state index in [1.165, 1.54) is 10.7 Å². The number of carbonyl (C=O) groups excluding carboxylic acids is 1. The van der Waals surface area contributed by atoms with Crippen LogP contribution < -0.4 is 9.62 Å².